The fraction of sp³-hybridized carbons (Fsp3) is 0.0476. The molecule has 6 heteroatoms. The highest BCUT2D eigenvalue weighted by Gasteiger charge is 2.10. The molecule has 3 N–H and O–H groups in total. The molecule has 0 atom stereocenters. The first-order valence-corrected chi connectivity index (χ1v) is 8.63. The van der Waals surface area contributed by atoms with Crippen LogP contribution in [0.25, 0.3) is 0 Å². The lowest BCUT2D eigenvalue weighted by Crippen LogP contribution is -2.22. The molecule has 0 fully saturated rings. The fourth-order valence-electron chi connectivity index (χ4n) is 2.45. The monoisotopic (exact) mass is 380 g/mol. The molecule has 0 aliphatic heterocycles. The first kappa shape index (κ1) is 18.5. The molecule has 2 amide bonds. The van der Waals surface area contributed by atoms with E-state index in [2.05, 4.69) is 10.6 Å². The number of nitrogens with one attached hydrogen (secondary N) is 2. The quantitative estimate of drug-likeness (QED) is 0.579. The number of halogens is 1. The molecule has 0 radical (unpaired) electrons. The number of hydrogen-bond donors (Lipinski definition) is 3. The Morgan fingerprint density at radius 1 is 0.852 bits per heavy atom. The second kappa shape index (κ2) is 8.38. The molecule has 3 aromatic carbocycles. The Kier molecular flexibility index (Phi) is 5.74. The molecular weight excluding hydrogens is 364 g/mol. The standard InChI is InChI=1S/C21H17ClN2O3/c22-17-10-11-19(25)18(12-17)24-21(27)16-8-6-14(7-9-16)13-23-20(26)15-4-2-1-3-5-15/h1-12,25H,13H2,(H,23,26)(H,24,27). The zero-order chi connectivity index (χ0) is 19.2. The van der Waals surface area contributed by atoms with Crippen molar-refractivity contribution in [2.75, 3.05) is 5.32 Å². The van der Waals surface area contributed by atoms with E-state index in [-0.39, 0.29) is 23.3 Å². The van der Waals surface area contributed by atoms with Gasteiger partial charge in [-0.3, -0.25) is 9.59 Å². The third kappa shape index (κ3) is 4.86. The molecule has 0 spiro atoms. The van der Waals surface area contributed by atoms with E-state index in [0.29, 0.717) is 22.7 Å². The molecule has 136 valence electrons. The Bertz CT molecular complexity index is 957. The van der Waals surface area contributed by atoms with Crippen molar-refractivity contribution in [3.05, 3.63) is 94.5 Å². The zero-order valence-electron chi connectivity index (χ0n) is 14.3. The van der Waals surface area contributed by atoms with Crippen LogP contribution < -0.4 is 10.6 Å². The molecule has 0 unspecified atom stereocenters. The summed E-state index contributed by atoms with van der Waals surface area (Å²) in [5.41, 5.74) is 2.12. The van der Waals surface area contributed by atoms with Gasteiger partial charge in [0.05, 0.1) is 5.69 Å². The van der Waals surface area contributed by atoms with Gasteiger partial charge in [-0.25, -0.2) is 0 Å². The molecule has 0 saturated heterocycles. The Morgan fingerprint density at radius 2 is 1.52 bits per heavy atom. The van der Waals surface area contributed by atoms with Crippen molar-refractivity contribution < 1.29 is 14.7 Å². The Morgan fingerprint density at radius 3 is 2.22 bits per heavy atom. The fourth-order valence-corrected chi connectivity index (χ4v) is 2.62. The predicted molar refractivity (Wildman–Crippen MR) is 105 cm³/mol. The number of phenolic OH excluding ortho intramolecular Hbond substituents is 1. The number of phenols is 1. The van der Waals surface area contributed by atoms with Crippen LogP contribution in [0.3, 0.4) is 0 Å². The maximum atomic E-state index is 12.3. The molecule has 0 aliphatic rings. The average molecular weight is 381 g/mol. The van der Waals surface area contributed by atoms with Crippen molar-refractivity contribution in [2.45, 2.75) is 6.54 Å². The highest BCUT2D eigenvalue weighted by Crippen LogP contribution is 2.27. The minimum atomic E-state index is -0.368. The third-order valence-corrected chi connectivity index (χ3v) is 4.15. The van der Waals surface area contributed by atoms with E-state index in [1.54, 1.807) is 48.5 Å². The summed E-state index contributed by atoms with van der Waals surface area (Å²) in [5.74, 6) is -0.589. The molecule has 3 aromatic rings. The Labute approximate surface area is 161 Å². The first-order valence-electron chi connectivity index (χ1n) is 8.25. The second-order valence-corrected chi connectivity index (χ2v) is 6.30. The van der Waals surface area contributed by atoms with Crippen LogP contribution in [0.2, 0.25) is 5.02 Å². The smallest absolute Gasteiger partial charge is 0.255 e. The molecule has 3 rings (SSSR count). The maximum Gasteiger partial charge on any atom is 0.255 e. The lowest BCUT2D eigenvalue weighted by atomic mass is 10.1. The number of carbonyl (C=O) groups excluding carboxylic acids is 2. The van der Waals surface area contributed by atoms with Gasteiger partial charge in [-0.05, 0) is 48.0 Å². The number of rotatable bonds is 5. The van der Waals surface area contributed by atoms with Gasteiger partial charge in [0, 0.05) is 22.7 Å². The summed E-state index contributed by atoms with van der Waals surface area (Å²) in [4.78, 5) is 24.4. The molecule has 0 saturated carbocycles. The van der Waals surface area contributed by atoms with Crippen LogP contribution in [0.4, 0.5) is 5.69 Å². The van der Waals surface area contributed by atoms with Gasteiger partial charge in [-0.1, -0.05) is 41.9 Å². The highest BCUT2D eigenvalue weighted by atomic mass is 35.5. The van der Waals surface area contributed by atoms with Crippen molar-refractivity contribution in [3.63, 3.8) is 0 Å². The van der Waals surface area contributed by atoms with Gasteiger partial charge in [0.1, 0.15) is 5.75 Å². The predicted octanol–water partition coefficient (Wildman–Crippen LogP) is 4.23. The van der Waals surface area contributed by atoms with Crippen molar-refractivity contribution in [1.29, 1.82) is 0 Å². The van der Waals surface area contributed by atoms with E-state index in [4.69, 9.17) is 11.6 Å². The molecule has 0 heterocycles. The van der Waals surface area contributed by atoms with E-state index >= 15 is 0 Å². The van der Waals surface area contributed by atoms with Crippen molar-refractivity contribution in [1.82, 2.24) is 5.32 Å². The number of aromatic hydroxyl groups is 1. The molecule has 0 aromatic heterocycles. The molecule has 0 aliphatic carbocycles. The number of anilines is 1. The van der Waals surface area contributed by atoms with Crippen LogP contribution in [-0.4, -0.2) is 16.9 Å². The van der Waals surface area contributed by atoms with Gasteiger partial charge in [0.15, 0.2) is 0 Å². The van der Waals surface area contributed by atoms with Crippen LogP contribution in [0.1, 0.15) is 26.3 Å². The van der Waals surface area contributed by atoms with Gasteiger partial charge in [0.25, 0.3) is 11.8 Å². The summed E-state index contributed by atoms with van der Waals surface area (Å²) in [7, 11) is 0. The van der Waals surface area contributed by atoms with Gasteiger partial charge < -0.3 is 15.7 Å². The van der Waals surface area contributed by atoms with Crippen molar-refractivity contribution >= 4 is 29.1 Å². The maximum absolute atomic E-state index is 12.3. The van der Waals surface area contributed by atoms with E-state index in [1.807, 2.05) is 6.07 Å². The lowest BCUT2D eigenvalue weighted by Gasteiger charge is -2.09. The minimum Gasteiger partial charge on any atom is -0.506 e. The van der Waals surface area contributed by atoms with Crippen LogP contribution in [0.5, 0.6) is 5.75 Å². The third-order valence-electron chi connectivity index (χ3n) is 3.91. The number of amides is 2. The summed E-state index contributed by atoms with van der Waals surface area (Å²) in [6, 6.07) is 20.2. The summed E-state index contributed by atoms with van der Waals surface area (Å²) < 4.78 is 0. The summed E-state index contributed by atoms with van der Waals surface area (Å²) in [5, 5.41) is 15.6. The van der Waals surface area contributed by atoms with Gasteiger partial charge in [0.2, 0.25) is 0 Å². The van der Waals surface area contributed by atoms with E-state index in [1.165, 1.54) is 18.2 Å². The highest BCUT2D eigenvalue weighted by molar-refractivity contribution is 6.31. The lowest BCUT2D eigenvalue weighted by molar-refractivity contribution is 0.0950. The van der Waals surface area contributed by atoms with Crippen LogP contribution in [0, 0.1) is 0 Å². The van der Waals surface area contributed by atoms with Gasteiger partial charge >= 0.3 is 0 Å². The Balaban J connectivity index is 1.60. The Hall–Kier alpha value is -3.31. The van der Waals surface area contributed by atoms with Crippen molar-refractivity contribution in [3.8, 4) is 5.75 Å². The normalized spacial score (nSPS) is 10.3. The van der Waals surface area contributed by atoms with Crippen molar-refractivity contribution in [2.24, 2.45) is 0 Å². The molecule has 0 bridgehead atoms. The van der Waals surface area contributed by atoms with Gasteiger partial charge in [-0.2, -0.15) is 0 Å². The number of hydrogen-bond acceptors (Lipinski definition) is 3. The van der Waals surface area contributed by atoms with Crippen LogP contribution in [0.15, 0.2) is 72.8 Å². The van der Waals surface area contributed by atoms with E-state index in [9.17, 15) is 14.7 Å². The van der Waals surface area contributed by atoms with Crippen LogP contribution >= 0.6 is 11.6 Å². The van der Waals surface area contributed by atoms with E-state index < -0.39 is 0 Å². The molecular formula is C21H17ClN2O3. The minimum absolute atomic E-state index is 0.0620. The largest absolute Gasteiger partial charge is 0.506 e. The van der Waals surface area contributed by atoms with Gasteiger partial charge in [-0.15, -0.1) is 0 Å². The van der Waals surface area contributed by atoms with E-state index in [0.717, 1.165) is 5.56 Å². The molecule has 27 heavy (non-hydrogen) atoms. The second-order valence-electron chi connectivity index (χ2n) is 5.86. The zero-order valence-corrected chi connectivity index (χ0v) is 15.0. The topological polar surface area (TPSA) is 78.4 Å². The molecule has 5 nitrogen and oxygen atoms in total. The first-order chi connectivity index (χ1) is 13.0. The summed E-state index contributed by atoms with van der Waals surface area (Å²) >= 11 is 5.87. The number of carbonyl (C=O) groups is 2. The SMILES string of the molecule is O=C(NCc1ccc(C(=O)Nc2cc(Cl)ccc2O)cc1)c1ccccc1. The number of benzene rings is 3. The summed E-state index contributed by atoms with van der Waals surface area (Å²) in [6.07, 6.45) is 0. The average Bonchev–Trinajstić information content (AvgIpc) is 2.70. The summed E-state index contributed by atoms with van der Waals surface area (Å²) in [6.45, 7) is 0.352. The van der Waals surface area contributed by atoms with Crippen LogP contribution in [-0.2, 0) is 6.54 Å².